The van der Waals surface area contributed by atoms with Crippen LogP contribution in [0.3, 0.4) is 0 Å². The van der Waals surface area contributed by atoms with Crippen LogP contribution in [0, 0.1) is 17.6 Å². The average molecular weight is 453 g/mol. The molecular formula is C25H23ClF2N4. The quantitative estimate of drug-likeness (QED) is 0.507. The molecule has 1 aromatic heterocycles. The van der Waals surface area contributed by atoms with E-state index in [1.807, 2.05) is 24.4 Å². The lowest BCUT2D eigenvalue weighted by Gasteiger charge is -2.21. The second-order valence-electron chi connectivity index (χ2n) is 8.36. The van der Waals surface area contributed by atoms with Crippen LogP contribution in [0.2, 0.25) is 5.02 Å². The van der Waals surface area contributed by atoms with Gasteiger partial charge in [0, 0.05) is 29.2 Å². The van der Waals surface area contributed by atoms with Crippen molar-refractivity contribution in [3.05, 3.63) is 87.7 Å². The number of nitrogens with one attached hydrogen (secondary N) is 2. The largest absolute Gasteiger partial charge is 0.350 e. The number of hydrogen-bond donors (Lipinski definition) is 2. The fourth-order valence-electron chi connectivity index (χ4n) is 4.57. The molecule has 3 aromatic rings. The molecule has 1 fully saturated rings. The summed E-state index contributed by atoms with van der Waals surface area (Å²) in [5.74, 6) is -0.549. The standard InChI is InChI=1S/C25H23ClF2N4/c26-21-4-2-1-3-18(21)19-11-17-14-31-25(30-13-15-5-6-22(27)23(28)10-15)32-24(17)20(19)9-16-7-8-29-12-16/h1-6,10-11,14,16,20,29H,7-9,12-13H2,(H,30,31,32)/t16-,20?/m1/s1. The lowest BCUT2D eigenvalue weighted by molar-refractivity contribution is 0.507. The van der Waals surface area contributed by atoms with E-state index in [1.165, 1.54) is 11.6 Å². The van der Waals surface area contributed by atoms with E-state index in [0.29, 0.717) is 24.0 Å². The van der Waals surface area contributed by atoms with E-state index >= 15 is 0 Å². The summed E-state index contributed by atoms with van der Waals surface area (Å²) in [5.41, 5.74) is 4.80. The van der Waals surface area contributed by atoms with Crippen molar-refractivity contribution in [2.24, 2.45) is 5.92 Å². The van der Waals surface area contributed by atoms with Crippen LogP contribution in [0.1, 0.15) is 41.1 Å². The van der Waals surface area contributed by atoms with Crippen molar-refractivity contribution < 1.29 is 8.78 Å². The molecule has 0 spiro atoms. The summed E-state index contributed by atoms with van der Waals surface area (Å²) < 4.78 is 26.7. The summed E-state index contributed by atoms with van der Waals surface area (Å²) in [5, 5.41) is 7.32. The number of allylic oxidation sites excluding steroid dienone is 1. The maximum absolute atomic E-state index is 13.5. The molecule has 4 nitrogen and oxygen atoms in total. The normalized spacial score (nSPS) is 19.7. The molecule has 1 unspecified atom stereocenters. The highest BCUT2D eigenvalue weighted by Gasteiger charge is 2.32. The molecule has 1 aliphatic heterocycles. The molecular weight excluding hydrogens is 430 g/mol. The van der Waals surface area contributed by atoms with Gasteiger partial charge in [-0.15, -0.1) is 0 Å². The molecule has 2 aliphatic rings. The fourth-order valence-corrected chi connectivity index (χ4v) is 4.82. The first-order chi connectivity index (χ1) is 15.6. The zero-order chi connectivity index (χ0) is 22.1. The molecule has 7 heteroatoms. The summed E-state index contributed by atoms with van der Waals surface area (Å²) in [6.45, 7) is 2.35. The Kier molecular flexibility index (Phi) is 5.89. The van der Waals surface area contributed by atoms with Gasteiger partial charge in [-0.2, -0.15) is 0 Å². The Hall–Kier alpha value is -2.83. The molecule has 164 valence electrons. The van der Waals surface area contributed by atoms with Crippen LogP contribution in [-0.2, 0) is 6.54 Å². The van der Waals surface area contributed by atoms with Crippen molar-refractivity contribution in [2.75, 3.05) is 18.4 Å². The molecule has 2 N–H and O–H groups in total. The van der Waals surface area contributed by atoms with Gasteiger partial charge in [-0.1, -0.05) is 35.9 Å². The zero-order valence-corrected chi connectivity index (χ0v) is 18.2. The maximum atomic E-state index is 13.5. The number of anilines is 1. The second kappa shape index (κ2) is 8.96. The molecule has 5 rings (SSSR count). The van der Waals surface area contributed by atoms with Gasteiger partial charge in [0.25, 0.3) is 0 Å². The minimum Gasteiger partial charge on any atom is -0.350 e. The van der Waals surface area contributed by atoms with Gasteiger partial charge in [-0.05, 0) is 72.8 Å². The van der Waals surface area contributed by atoms with Crippen LogP contribution in [0.15, 0.2) is 48.7 Å². The highest BCUT2D eigenvalue weighted by molar-refractivity contribution is 6.32. The first-order valence-electron chi connectivity index (χ1n) is 10.8. The lowest BCUT2D eigenvalue weighted by Crippen LogP contribution is -2.14. The topological polar surface area (TPSA) is 49.8 Å². The lowest BCUT2D eigenvalue weighted by atomic mass is 9.85. The van der Waals surface area contributed by atoms with Crippen LogP contribution < -0.4 is 10.6 Å². The van der Waals surface area contributed by atoms with Crippen LogP contribution in [-0.4, -0.2) is 23.1 Å². The molecule has 32 heavy (non-hydrogen) atoms. The molecule has 0 amide bonds. The second-order valence-corrected chi connectivity index (χ2v) is 8.77. The van der Waals surface area contributed by atoms with Gasteiger partial charge in [0.1, 0.15) is 0 Å². The first kappa shape index (κ1) is 21.0. The van der Waals surface area contributed by atoms with E-state index in [0.717, 1.165) is 53.8 Å². The Balaban J connectivity index is 1.42. The summed E-state index contributed by atoms with van der Waals surface area (Å²) in [6.07, 6.45) is 6.09. The van der Waals surface area contributed by atoms with Gasteiger partial charge in [0.2, 0.25) is 5.95 Å². The molecule has 0 bridgehead atoms. The minimum atomic E-state index is -0.863. The third-order valence-corrected chi connectivity index (χ3v) is 6.55. The smallest absolute Gasteiger partial charge is 0.223 e. The maximum Gasteiger partial charge on any atom is 0.223 e. The number of fused-ring (bicyclic) bond motifs is 1. The van der Waals surface area contributed by atoms with E-state index in [9.17, 15) is 8.78 Å². The Bertz CT molecular complexity index is 1170. The van der Waals surface area contributed by atoms with Crippen LogP contribution in [0.5, 0.6) is 0 Å². The molecule has 1 aliphatic carbocycles. The number of rotatable bonds is 6. The van der Waals surface area contributed by atoms with E-state index in [4.69, 9.17) is 16.6 Å². The predicted molar refractivity (Wildman–Crippen MR) is 123 cm³/mol. The average Bonchev–Trinajstić information content (AvgIpc) is 3.43. The Morgan fingerprint density at radius 1 is 1.12 bits per heavy atom. The van der Waals surface area contributed by atoms with Gasteiger partial charge in [0.05, 0.1) is 5.69 Å². The number of nitrogens with zero attached hydrogens (tertiary/aromatic N) is 2. The first-order valence-corrected chi connectivity index (χ1v) is 11.2. The number of hydrogen-bond acceptors (Lipinski definition) is 4. The van der Waals surface area contributed by atoms with E-state index in [-0.39, 0.29) is 5.92 Å². The third-order valence-electron chi connectivity index (χ3n) is 6.22. The molecule has 2 aromatic carbocycles. The van der Waals surface area contributed by atoms with Gasteiger partial charge >= 0.3 is 0 Å². The summed E-state index contributed by atoms with van der Waals surface area (Å²) in [7, 11) is 0. The van der Waals surface area contributed by atoms with Crippen molar-refractivity contribution in [3.8, 4) is 0 Å². The van der Waals surface area contributed by atoms with Crippen molar-refractivity contribution >= 4 is 29.2 Å². The molecule has 0 saturated carbocycles. The zero-order valence-electron chi connectivity index (χ0n) is 17.4. The number of halogens is 3. The SMILES string of the molecule is Fc1ccc(CNc2ncc3c(n2)C(C[C@H]2CCNC2)C(c2ccccc2Cl)=C3)cc1F. The fraction of sp³-hybridized carbons (Fsp3) is 0.280. The van der Waals surface area contributed by atoms with Crippen LogP contribution in [0.4, 0.5) is 14.7 Å². The monoisotopic (exact) mass is 452 g/mol. The van der Waals surface area contributed by atoms with Crippen LogP contribution >= 0.6 is 11.6 Å². The molecule has 1 saturated heterocycles. The van der Waals surface area contributed by atoms with E-state index < -0.39 is 11.6 Å². The number of aromatic nitrogens is 2. The Morgan fingerprint density at radius 3 is 2.78 bits per heavy atom. The number of benzene rings is 2. The third kappa shape index (κ3) is 4.25. The minimum absolute atomic E-state index is 0.126. The van der Waals surface area contributed by atoms with Crippen molar-refractivity contribution in [2.45, 2.75) is 25.3 Å². The van der Waals surface area contributed by atoms with Gasteiger partial charge in [0.15, 0.2) is 11.6 Å². The summed E-state index contributed by atoms with van der Waals surface area (Å²) in [4.78, 5) is 9.27. The summed E-state index contributed by atoms with van der Waals surface area (Å²) >= 11 is 6.54. The summed E-state index contributed by atoms with van der Waals surface area (Å²) in [6, 6.07) is 11.8. The van der Waals surface area contributed by atoms with Crippen molar-refractivity contribution in [1.82, 2.24) is 15.3 Å². The van der Waals surface area contributed by atoms with Crippen LogP contribution in [0.25, 0.3) is 11.6 Å². The Labute approximate surface area is 190 Å². The van der Waals surface area contributed by atoms with E-state index in [1.54, 1.807) is 6.07 Å². The van der Waals surface area contributed by atoms with Gasteiger partial charge in [-0.25, -0.2) is 18.7 Å². The highest BCUT2D eigenvalue weighted by Crippen LogP contribution is 2.46. The molecule has 2 atom stereocenters. The molecule has 0 radical (unpaired) electrons. The van der Waals surface area contributed by atoms with Gasteiger partial charge < -0.3 is 10.6 Å². The highest BCUT2D eigenvalue weighted by atomic mass is 35.5. The van der Waals surface area contributed by atoms with Crippen molar-refractivity contribution in [3.63, 3.8) is 0 Å². The van der Waals surface area contributed by atoms with Crippen molar-refractivity contribution in [1.29, 1.82) is 0 Å². The van der Waals surface area contributed by atoms with Gasteiger partial charge in [-0.3, -0.25) is 0 Å². The van der Waals surface area contributed by atoms with E-state index in [2.05, 4.69) is 27.8 Å². The Morgan fingerprint density at radius 2 is 2.00 bits per heavy atom. The predicted octanol–water partition coefficient (Wildman–Crippen LogP) is 5.66. The molecule has 2 heterocycles.